The van der Waals surface area contributed by atoms with Crippen molar-refractivity contribution >= 4 is 5.91 Å². The summed E-state index contributed by atoms with van der Waals surface area (Å²) < 4.78 is 16.1. The van der Waals surface area contributed by atoms with Crippen LogP contribution in [0.3, 0.4) is 0 Å². The van der Waals surface area contributed by atoms with Crippen LogP contribution in [0.5, 0.6) is 0 Å². The van der Waals surface area contributed by atoms with Crippen molar-refractivity contribution in [1.29, 1.82) is 0 Å². The van der Waals surface area contributed by atoms with Crippen molar-refractivity contribution in [2.45, 2.75) is 32.7 Å². The molecule has 0 spiro atoms. The molecule has 1 aliphatic carbocycles. The SMILES string of the molecule is CC1(C)Cc2c(cnn2-c2cccc(F)c2)[C@@H](NC(=O)c2cc[n+]([O-])cc2)C1. The Labute approximate surface area is 162 Å². The lowest BCUT2D eigenvalue weighted by molar-refractivity contribution is -0.605. The zero-order chi connectivity index (χ0) is 19.9. The fraction of sp³-hybridized carbons (Fsp3) is 0.286. The molecule has 0 saturated carbocycles. The zero-order valence-corrected chi connectivity index (χ0v) is 15.7. The first-order valence-corrected chi connectivity index (χ1v) is 9.15. The number of hydrogen-bond acceptors (Lipinski definition) is 3. The van der Waals surface area contributed by atoms with E-state index in [0.717, 1.165) is 24.1 Å². The van der Waals surface area contributed by atoms with Crippen LogP contribution < -0.4 is 10.0 Å². The van der Waals surface area contributed by atoms with Crippen LogP contribution in [0.25, 0.3) is 5.69 Å². The summed E-state index contributed by atoms with van der Waals surface area (Å²) in [6, 6.07) is 9.09. The predicted octanol–water partition coefficient (Wildman–Crippen LogP) is 3.09. The van der Waals surface area contributed by atoms with E-state index in [2.05, 4.69) is 24.3 Å². The second kappa shape index (κ2) is 6.74. The average Bonchev–Trinajstić information content (AvgIpc) is 3.05. The molecule has 0 saturated heterocycles. The second-order valence-electron chi connectivity index (χ2n) is 7.96. The van der Waals surface area contributed by atoms with E-state index >= 15 is 0 Å². The van der Waals surface area contributed by atoms with E-state index in [-0.39, 0.29) is 23.2 Å². The fourth-order valence-electron chi connectivity index (χ4n) is 3.81. The first-order chi connectivity index (χ1) is 13.3. The molecule has 6 nitrogen and oxygen atoms in total. The molecule has 7 heteroatoms. The number of amides is 1. The third-order valence-corrected chi connectivity index (χ3v) is 5.10. The van der Waals surface area contributed by atoms with Crippen molar-refractivity contribution < 1.29 is 13.9 Å². The standard InChI is InChI=1S/C21H21FN4O2/c1-21(2)11-18(24-20(27)14-6-8-25(28)9-7-14)17-13-23-26(19(17)12-21)16-5-3-4-15(22)10-16/h3-10,13,18H,11-12H2,1-2H3,(H,24,27)/t18-/m0/s1. The van der Waals surface area contributed by atoms with Gasteiger partial charge in [0.05, 0.1) is 29.2 Å². The molecule has 1 N–H and O–H groups in total. The van der Waals surface area contributed by atoms with E-state index in [1.54, 1.807) is 16.9 Å². The third kappa shape index (κ3) is 3.47. The quantitative estimate of drug-likeness (QED) is 0.561. The lowest BCUT2D eigenvalue weighted by Gasteiger charge is -2.36. The summed E-state index contributed by atoms with van der Waals surface area (Å²) in [4.78, 5) is 12.7. The summed E-state index contributed by atoms with van der Waals surface area (Å²) in [6.45, 7) is 4.28. The van der Waals surface area contributed by atoms with Crippen LogP contribution >= 0.6 is 0 Å². The highest BCUT2D eigenvalue weighted by Gasteiger charge is 2.36. The molecule has 0 radical (unpaired) electrons. The zero-order valence-electron chi connectivity index (χ0n) is 15.7. The average molecular weight is 380 g/mol. The van der Waals surface area contributed by atoms with Gasteiger partial charge in [0.2, 0.25) is 0 Å². The molecule has 1 aliphatic rings. The number of aromatic nitrogens is 3. The van der Waals surface area contributed by atoms with Crippen LogP contribution in [0.15, 0.2) is 55.0 Å². The fourth-order valence-corrected chi connectivity index (χ4v) is 3.81. The number of rotatable bonds is 3. The van der Waals surface area contributed by atoms with E-state index < -0.39 is 0 Å². The highest BCUT2D eigenvalue weighted by molar-refractivity contribution is 5.94. The Hall–Kier alpha value is -3.22. The highest BCUT2D eigenvalue weighted by atomic mass is 19.1. The van der Waals surface area contributed by atoms with Crippen molar-refractivity contribution in [2.75, 3.05) is 0 Å². The highest BCUT2D eigenvalue weighted by Crippen LogP contribution is 2.41. The van der Waals surface area contributed by atoms with Gasteiger partial charge in [0.1, 0.15) is 5.82 Å². The predicted molar refractivity (Wildman–Crippen MR) is 101 cm³/mol. The third-order valence-electron chi connectivity index (χ3n) is 5.10. The molecule has 0 bridgehead atoms. The van der Waals surface area contributed by atoms with Crippen LogP contribution in [0, 0.1) is 16.4 Å². The van der Waals surface area contributed by atoms with Gasteiger partial charge in [-0.1, -0.05) is 19.9 Å². The summed E-state index contributed by atoms with van der Waals surface area (Å²) in [6.07, 6.45) is 5.87. The minimum Gasteiger partial charge on any atom is -0.619 e. The molecular formula is C21H21FN4O2. The van der Waals surface area contributed by atoms with Crippen molar-refractivity contribution in [3.8, 4) is 5.69 Å². The number of benzene rings is 1. The second-order valence-corrected chi connectivity index (χ2v) is 7.96. The maximum atomic E-state index is 13.7. The monoisotopic (exact) mass is 380 g/mol. The van der Waals surface area contributed by atoms with Crippen molar-refractivity contribution in [3.05, 3.63) is 82.8 Å². The molecule has 0 fully saturated rings. The lowest BCUT2D eigenvalue weighted by Crippen LogP contribution is -2.37. The van der Waals surface area contributed by atoms with Crippen LogP contribution in [-0.2, 0) is 6.42 Å². The number of halogens is 1. The molecule has 3 aromatic rings. The Balaban J connectivity index is 1.67. The molecule has 1 aromatic carbocycles. The number of pyridine rings is 1. The number of nitrogens with zero attached hydrogens (tertiary/aromatic N) is 3. The molecular weight excluding hydrogens is 359 g/mol. The first-order valence-electron chi connectivity index (χ1n) is 9.15. The molecule has 28 heavy (non-hydrogen) atoms. The summed E-state index contributed by atoms with van der Waals surface area (Å²) in [5.74, 6) is -0.561. The number of carbonyl (C=O) groups is 1. The van der Waals surface area contributed by atoms with Crippen molar-refractivity contribution in [1.82, 2.24) is 15.1 Å². The topological polar surface area (TPSA) is 73.9 Å². The van der Waals surface area contributed by atoms with Crippen molar-refractivity contribution in [2.24, 2.45) is 5.41 Å². The minimum absolute atomic E-state index is 0.0647. The first kappa shape index (κ1) is 18.2. The van der Waals surface area contributed by atoms with E-state index in [1.807, 2.05) is 6.07 Å². The molecule has 2 heterocycles. The van der Waals surface area contributed by atoms with E-state index in [0.29, 0.717) is 16.0 Å². The Morgan fingerprint density at radius 2 is 2.07 bits per heavy atom. The summed E-state index contributed by atoms with van der Waals surface area (Å²) in [5.41, 5.74) is 2.93. The molecule has 0 aliphatic heterocycles. The number of carbonyl (C=O) groups excluding carboxylic acids is 1. The number of fused-ring (bicyclic) bond motifs is 1. The molecule has 1 atom stereocenters. The summed E-state index contributed by atoms with van der Waals surface area (Å²) >= 11 is 0. The normalized spacial score (nSPS) is 17.8. The van der Waals surface area contributed by atoms with Gasteiger partial charge in [-0.25, -0.2) is 9.07 Å². The van der Waals surface area contributed by atoms with Crippen LogP contribution in [0.4, 0.5) is 4.39 Å². The van der Waals surface area contributed by atoms with Gasteiger partial charge in [-0.15, -0.1) is 0 Å². The summed E-state index contributed by atoms with van der Waals surface area (Å²) in [5, 5.41) is 18.7. The lowest BCUT2D eigenvalue weighted by atomic mass is 9.74. The van der Waals surface area contributed by atoms with Gasteiger partial charge in [0, 0.05) is 17.7 Å². The van der Waals surface area contributed by atoms with E-state index in [4.69, 9.17) is 0 Å². The van der Waals surface area contributed by atoms with Gasteiger partial charge in [0.15, 0.2) is 12.4 Å². The maximum absolute atomic E-state index is 13.7. The van der Waals surface area contributed by atoms with E-state index in [1.165, 1.54) is 36.7 Å². The Morgan fingerprint density at radius 3 is 2.79 bits per heavy atom. The van der Waals surface area contributed by atoms with Gasteiger partial charge in [-0.3, -0.25) is 4.79 Å². The number of hydrogen-bond donors (Lipinski definition) is 1. The maximum Gasteiger partial charge on any atom is 0.252 e. The number of nitrogens with one attached hydrogen (secondary N) is 1. The Kier molecular flexibility index (Phi) is 4.37. The Bertz CT molecular complexity index is 1030. The Morgan fingerprint density at radius 1 is 1.32 bits per heavy atom. The smallest absolute Gasteiger partial charge is 0.252 e. The largest absolute Gasteiger partial charge is 0.619 e. The summed E-state index contributed by atoms with van der Waals surface area (Å²) in [7, 11) is 0. The van der Waals surface area contributed by atoms with Gasteiger partial charge in [0.25, 0.3) is 5.91 Å². The van der Waals surface area contributed by atoms with Gasteiger partial charge in [-0.05, 0) is 36.5 Å². The molecule has 4 rings (SSSR count). The van der Waals surface area contributed by atoms with Gasteiger partial charge < -0.3 is 10.5 Å². The minimum atomic E-state index is -0.318. The molecule has 144 valence electrons. The molecule has 1 amide bonds. The van der Waals surface area contributed by atoms with Gasteiger partial charge in [-0.2, -0.15) is 9.83 Å². The van der Waals surface area contributed by atoms with Crippen LogP contribution in [0.1, 0.15) is 47.9 Å². The van der Waals surface area contributed by atoms with Crippen LogP contribution in [-0.4, -0.2) is 15.7 Å². The van der Waals surface area contributed by atoms with Gasteiger partial charge >= 0.3 is 0 Å². The molecule has 2 aromatic heterocycles. The van der Waals surface area contributed by atoms with E-state index in [9.17, 15) is 14.4 Å². The van der Waals surface area contributed by atoms with Crippen LogP contribution in [0.2, 0.25) is 0 Å². The molecule has 0 unspecified atom stereocenters. The van der Waals surface area contributed by atoms with Crippen molar-refractivity contribution in [3.63, 3.8) is 0 Å².